The molecule has 130 valence electrons. The molecule has 0 amide bonds. The van der Waals surface area contributed by atoms with Crippen LogP contribution in [0.3, 0.4) is 0 Å². The van der Waals surface area contributed by atoms with Crippen molar-refractivity contribution in [2.75, 3.05) is 12.9 Å². The summed E-state index contributed by atoms with van der Waals surface area (Å²) in [7, 11) is -3.66. The van der Waals surface area contributed by atoms with Crippen molar-refractivity contribution in [3.8, 4) is 0 Å². The van der Waals surface area contributed by atoms with E-state index in [1.165, 1.54) is 0 Å². The molecule has 7 heteroatoms. The molecule has 3 unspecified atom stereocenters. The summed E-state index contributed by atoms with van der Waals surface area (Å²) in [6.45, 7) is 2.06. The van der Waals surface area contributed by atoms with Crippen molar-refractivity contribution in [1.82, 2.24) is 0 Å². The van der Waals surface area contributed by atoms with Gasteiger partial charge in [-0.15, -0.1) is 0 Å². The fourth-order valence-electron chi connectivity index (χ4n) is 2.55. The van der Waals surface area contributed by atoms with Gasteiger partial charge < -0.3 is 14.6 Å². The molecule has 1 saturated heterocycles. The smallest absolute Gasteiger partial charge is 0.264 e. The number of aliphatic hydroxyl groups excluding tert-OH is 1. The van der Waals surface area contributed by atoms with Gasteiger partial charge in [0.1, 0.15) is 12.2 Å². The Balaban J connectivity index is 2.13. The minimum absolute atomic E-state index is 0.0421. The molecule has 1 aromatic carbocycles. The van der Waals surface area contributed by atoms with E-state index in [1.807, 2.05) is 37.3 Å². The topological polar surface area (TPSA) is 82.1 Å². The molecule has 23 heavy (non-hydrogen) atoms. The Morgan fingerprint density at radius 2 is 2.04 bits per heavy atom. The van der Waals surface area contributed by atoms with Gasteiger partial charge in [0, 0.05) is 5.56 Å². The summed E-state index contributed by atoms with van der Waals surface area (Å²) in [6.07, 6.45) is 0.197. The molecule has 2 rings (SSSR count). The van der Waals surface area contributed by atoms with Crippen LogP contribution in [0.2, 0.25) is 0 Å². The first-order chi connectivity index (χ1) is 10.9. The molecule has 1 heterocycles. The highest BCUT2D eigenvalue weighted by atomic mass is 32.2. The molecular formula is C16H24O6S. The van der Waals surface area contributed by atoms with Crippen molar-refractivity contribution in [1.29, 1.82) is 0 Å². The van der Waals surface area contributed by atoms with E-state index in [2.05, 4.69) is 0 Å². The first-order valence-electron chi connectivity index (χ1n) is 7.79. The van der Waals surface area contributed by atoms with Crippen LogP contribution in [-0.2, 0) is 23.8 Å². The molecule has 6 nitrogen and oxygen atoms in total. The van der Waals surface area contributed by atoms with E-state index in [-0.39, 0.29) is 6.61 Å². The molecule has 0 aromatic heterocycles. The molecule has 1 N–H and O–H groups in total. The van der Waals surface area contributed by atoms with Gasteiger partial charge >= 0.3 is 0 Å². The third-order valence-electron chi connectivity index (χ3n) is 3.66. The number of benzene rings is 1. The third-order valence-corrected chi connectivity index (χ3v) is 4.26. The second kappa shape index (κ2) is 8.21. The Bertz CT molecular complexity index is 573. The molecule has 1 aliphatic rings. The first-order valence-corrected chi connectivity index (χ1v) is 9.60. The van der Waals surface area contributed by atoms with Gasteiger partial charge in [-0.3, -0.25) is 4.18 Å². The standard InChI is InChI=1S/C16H24O6S/c1-3-4-10-13(17)15-14(22-23(2,18)19)11-20-16(21-15)12-8-6-5-7-9-12/h5-9,13-17H,3-4,10-11H2,1-2H3/t13-,14?,15?,16?/m1/s1. The van der Waals surface area contributed by atoms with Gasteiger partial charge in [0.05, 0.1) is 19.0 Å². The van der Waals surface area contributed by atoms with Crippen LogP contribution >= 0.6 is 0 Å². The van der Waals surface area contributed by atoms with Crippen molar-refractivity contribution >= 4 is 10.1 Å². The van der Waals surface area contributed by atoms with E-state index in [4.69, 9.17) is 13.7 Å². The highest BCUT2D eigenvalue weighted by molar-refractivity contribution is 7.86. The Hall–Kier alpha value is -0.990. The molecule has 0 aliphatic carbocycles. The zero-order valence-corrected chi connectivity index (χ0v) is 14.2. The van der Waals surface area contributed by atoms with Crippen molar-refractivity contribution < 1.29 is 27.2 Å². The minimum Gasteiger partial charge on any atom is -0.390 e. The van der Waals surface area contributed by atoms with E-state index >= 15 is 0 Å². The lowest BCUT2D eigenvalue weighted by atomic mass is 10.0. The molecule has 0 radical (unpaired) electrons. The van der Waals surface area contributed by atoms with E-state index in [0.29, 0.717) is 6.42 Å². The number of rotatable bonds is 7. The molecule has 4 atom stereocenters. The Kier molecular flexibility index (Phi) is 6.55. The van der Waals surface area contributed by atoms with Crippen LogP contribution in [0, 0.1) is 0 Å². The van der Waals surface area contributed by atoms with Crippen molar-refractivity contribution in [2.24, 2.45) is 0 Å². The average Bonchev–Trinajstić information content (AvgIpc) is 2.52. The number of hydrogen-bond acceptors (Lipinski definition) is 6. The molecule has 1 fully saturated rings. The summed E-state index contributed by atoms with van der Waals surface area (Å²) in [5.74, 6) is 0. The van der Waals surface area contributed by atoms with Crippen LogP contribution in [-0.4, -0.2) is 44.7 Å². The maximum Gasteiger partial charge on any atom is 0.264 e. The SMILES string of the molecule is CCCC[C@@H](O)C1OC(c2ccccc2)OCC1OS(C)(=O)=O. The van der Waals surface area contributed by atoms with Crippen LogP contribution in [0.1, 0.15) is 38.0 Å². The van der Waals surface area contributed by atoms with Crippen LogP contribution < -0.4 is 0 Å². The number of unbranched alkanes of at least 4 members (excludes halogenated alkanes) is 1. The lowest BCUT2D eigenvalue weighted by Gasteiger charge is -2.38. The minimum atomic E-state index is -3.66. The fraction of sp³-hybridized carbons (Fsp3) is 0.625. The van der Waals surface area contributed by atoms with E-state index in [0.717, 1.165) is 24.7 Å². The predicted octanol–water partition coefficient (Wildman–Crippen LogP) is 2.00. The molecule has 0 bridgehead atoms. The van der Waals surface area contributed by atoms with Crippen molar-refractivity contribution in [3.05, 3.63) is 35.9 Å². The molecule has 1 aromatic rings. The quantitative estimate of drug-likeness (QED) is 0.762. The third kappa shape index (κ3) is 5.54. The summed E-state index contributed by atoms with van der Waals surface area (Å²) in [6, 6.07) is 9.33. The van der Waals surface area contributed by atoms with Gasteiger partial charge in [0.15, 0.2) is 6.29 Å². The largest absolute Gasteiger partial charge is 0.390 e. The fourth-order valence-corrected chi connectivity index (χ4v) is 3.17. The normalized spacial score (nSPS) is 26.8. The average molecular weight is 344 g/mol. The summed E-state index contributed by atoms with van der Waals surface area (Å²) in [5, 5.41) is 10.4. The van der Waals surface area contributed by atoms with Gasteiger partial charge in [-0.1, -0.05) is 50.1 Å². The number of aliphatic hydroxyl groups is 1. The molecule has 0 saturated carbocycles. The van der Waals surface area contributed by atoms with Crippen LogP contribution in [0.15, 0.2) is 30.3 Å². The number of ether oxygens (including phenoxy) is 2. The lowest BCUT2D eigenvalue weighted by Crippen LogP contribution is -2.49. The van der Waals surface area contributed by atoms with Gasteiger partial charge in [0.2, 0.25) is 0 Å². The highest BCUT2D eigenvalue weighted by Gasteiger charge is 2.39. The van der Waals surface area contributed by atoms with Gasteiger partial charge in [0.25, 0.3) is 10.1 Å². The summed E-state index contributed by atoms with van der Waals surface area (Å²) < 4.78 is 39.3. The Morgan fingerprint density at radius 3 is 2.65 bits per heavy atom. The second-order valence-corrected chi connectivity index (χ2v) is 7.33. The second-order valence-electron chi connectivity index (χ2n) is 5.73. The number of hydrogen-bond donors (Lipinski definition) is 1. The van der Waals surface area contributed by atoms with Crippen LogP contribution in [0.4, 0.5) is 0 Å². The van der Waals surface area contributed by atoms with Crippen molar-refractivity contribution in [3.63, 3.8) is 0 Å². The van der Waals surface area contributed by atoms with Gasteiger partial charge in [-0.05, 0) is 6.42 Å². The molecule has 1 aliphatic heterocycles. The van der Waals surface area contributed by atoms with Crippen LogP contribution in [0.5, 0.6) is 0 Å². The lowest BCUT2D eigenvalue weighted by molar-refractivity contribution is -0.270. The Labute approximate surface area is 137 Å². The highest BCUT2D eigenvalue weighted by Crippen LogP contribution is 2.30. The van der Waals surface area contributed by atoms with Crippen molar-refractivity contribution in [2.45, 2.75) is 50.8 Å². The zero-order chi connectivity index (χ0) is 16.9. The van der Waals surface area contributed by atoms with E-state index in [9.17, 15) is 13.5 Å². The summed E-state index contributed by atoms with van der Waals surface area (Å²) in [4.78, 5) is 0. The molecule has 0 spiro atoms. The van der Waals surface area contributed by atoms with E-state index in [1.54, 1.807) is 0 Å². The van der Waals surface area contributed by atoms with E-state index < -0.39 is 34.7 Å². The maximum atomic E-state index is 11.4. The van der Waals surface area contributed by atoms with Crippen LogP contribution in [0.25, 0.3) is 0 Å². The Morgan fingerprint density at radius 1 is 1.35 bits per heavy atom. The monoisotopic (exact) mass is 344 g/mol. The first kappa shape index (κ1) is 18.4. The van der Waals surface area contributed by atoms with Gasteiger partial charge in [-0.2, -0.15) is 8.42 Å². The summed E-state index contributed by atoms with van der Waals surface area (Å²) >= 11 is 0. The summed E-state index contributed by atoms with van der Waals surface area (Å²) in [5.41, 5.74) is 0.818. The maximum absolute atomic E-state index is 11.4. The molecular weight excluding hydrogens is 320 g/mol. The predicted molar refractivity (Wildman–Crippen MR) is 85.3 cm³/mol. The van der Waals surface area contributed by atoms with Gasteiger partial charge in [-0.25, -0.2) is 0 Å². The zero-order valence-electron chi connectivity index (χ0n) is 13.4.